The van der Waals surface area contributed by atoms with Crippen LogP contribution < -0.4 is 20.9 Å². The van der Waals surface area contributed by atoms with Crippen LogP contribution in [-0.4, -0.2) is 47.1 Å². The third-order valence-corrected chi connectivity index (χ3v) is 7.60. The maximum absolute atomic E-state index is 12.9. The van der Waals surface area contributed by atoms with Crippen LogP contribution in [0, 0.1) is 0 Å². The van der Waals surface area contributed by atoms with E-state index in [1.165, 1.54) is 17.7 Å². The first-order valence-electron chi connectivity index (χ1n) is 13.5. The number of anilines is 6. The number of halogens is 4. The predicted molar refractivity (Wildman–Crippen MR) is 158 cm³/mol. The normalized spacial score (nSPS) is 15.0. The topological polar surface area (TPSA) is 85.4 Å². The Bertz CT molecular complexity index is 1610. The van der Waals surface area contributed by atoms with Crippen LogP contribution in [0.25, 0.3) is 0 Å². The summed E-state index contributed by atoms with van der Waals surface area (Å²) in [6.07, 6.45) is -1.25. The lowest BCUT2D eigenvalue weighted by molar-refractivity contribution is -0.137. The molecule has 2 aliphatic rings. The number of benzene rings is 3. The zero-order valence-corrected chi connectivity index (χ0v) is 23.1. The molecule has 1 aromatic heterocycles. The van der Waals surface area contributed by atoms with Gasteiger partial charge in [0.15, 0.2) is 5.82 Å². The molecule has 0 radical (unpaired) electrons. The van der Waals surface area contributed by atoms with E-state index in [4.69, 9.17) is 11.6 Å². The van der Waals surface area contributed by atoms with Crippen LogP contribution in [0.4, 0.5) is 52.5 Å². The van der Waals surface area contributed by atoms with Gasteiger partial charge in [-0.1, -0.05) is 23.7 Å². The van der Waals surface area contributed by atoms with Crippen LogP contribution in [-0.2, 0) is 19.0 Å². The fourth-order valence-corrected chi connectivity index (χ4v) is 5.27. The van der Waals surface area contributed by atoms with Crippen LogP contribution in [0.2, 0.25) is 5.02 Å². The van der Waals surface area contributed by atoms with E-state index in [0.29, 0.717) is 48.7 Å². The molecule has 8 nitrogen and oxygen atoms in total. The molecule has 216 valence electrons. The van der Waals surface area contributed by atoms with Gasteiger partial charge in [-0.2, -0.15) is 18.2 Å². The molecule has 2 aliphatic heterocycles. The number of piperazine rings is 1. The molecule has 0 saturated carbocycles. The maximum atomic E-state index is 12.9. The second-order valence-corrected chi connectivity index (χ2v) is 10.6. The first-order chi connectivity index (χ1) is 20.2. The highest BCUT2D eigenvalue weighted by Gasteiger charge is 2.30. The van der Waals surface area contributed by atoms with Gasteiger partial charge < -0.3 is 25.8 Å². The predicted octanol–water partition coefficient (Wildman–Crippen LogP) is 7.09. The number of nitrogens with zero attached hydrogens (tertiary/aromatic N) is 4. The minimum atomic E-state index is -4.42. The largest absolute Gasteiger partial charge is 0.416 e. The van der Waals surface area contributed by atoms with Crippen molar-refractivity contribution in [3.05, 3.63) is 94.6 Å². The first-order valence-corrected chi connectivity index (χ1v) is 13.9. The van der Waals surface area contributed by atoms with Gasteiger partial charge in [-0.15, -0.1) is 0 Å². The van der Waals surface area contributed by atoms with Crippen molar-refractivity contribution < 1.29 is 18.0 Å². The Hall–Kier alpha value is -4.51. The van der Waals surface area contributed by atoms with E-state index in [1.54, 1.807) is 11.1 Å². The number of carbonyl (C=O) groups excluding carboxylic acids is 1. The number of amides is 2. The van der Waals surface area contributed by atoms with Crippen molar-refractivity contribution in [2.45, 2.75) is 19.0 Å². The van der Waals surface area contributed by atoms with Crippen molar-refractivity contribution in [1.82, 2.24) is 14.9 Å². The fraction of sp³-hybridized carbons (Fsp3) is 0.233. The zero-order valence-electron chi connectivity index (χ0n) is 22.4. The van der Waals surface area contributed by atoms with Crippen molar-refractivity contribution in [3.63, 3.8) is 0 Å². The van der Waals surface area contributed by atoms with E-state index in [0.717, 1.165) is 47.6 Å². The van der Waals surface area contributed by atoms with Gasteiger partial charge >= 0.3 is 12.2 Å². The number of fused-ring (bicyclic) bond motifs is 6. The molecule has 42 heavy (non-hydrogen) atoms. The van der Waals surface area contributed by atoms with E-state index in [2.05, 4.69) is 55.1 Å². The van der Waals surface area contributed by atoms with Gasteiger partial charge in [0, 0.05) is 48.9 Å². The third kappa shape index (κ3) is 6.20. The molecule has 1 saturated heterocycles. The highest BCUT2D eigenvalue weighted by atomic mass is 35.5. The third-order valence-electron chi connectivity index (χ3n) is 7.32. The zero-order chi connectivity index (χ0) is 29.3. The molecular formula is C30H27ClF3N7O. The Kier molecular flexibility index (Phi) is 7.51. The van der Waals surface area contributed by atoms with Crippen LogP contribution in [0.1, 0.15) is 16.7 Å². The summed E-state index contributed by atoms with van der Waals surface area (Å²) in [5, 5.41) is 9.67. The summed E-state index contributed by atoms with van der Waals surface area (Å²) in [4.78, 5) is 25.6. The molecule has 3 aromatic carbocycles. The minimum Gasteiger partial charge on any atom is -0.368 e. The summed E-state index contributed by atoms with van der Waals surface area (Å²) in [5.41, 5.74) is 4.70. The lowest BCUT2D eigenvalue weighted by Crippen LogP contribution is -2.50. The average Bonchev–Trinajstić information content (AvgIpc) is 2.98. The van der Waals surface area contributed by atoms with E-state index in [9.17, 15) is 18.0 Å². The minimum absolute atomic E-state index is 0.319. The van der Waals surface area contributed by atoms with E-state index < -0.39 is 11.7 Å². The molecule has 6 rings (SSSR count). The van der Waals surface area contributed by atoms with Crippen molar-refractivity contribution in [3.8, 4) is 0 Å². The Balaban J connectivity index is 1.18. The molecule has 4 aromatic rings. The summed E-state index contributed by atoms with van der Waals surface area (Å²) < 4.78 is 38.6. The number of carbonyl (C=O) groups is 1. The van der Waals surface area contributed by atoms with Gasteiger partial charge in [-0.3, -0.25) is 0 Å². The number of urea groups is 1. The summed E-state index contributed by atoms with van der Waals surface area (Å²) in [7, 11) is 0. The molecule has 3 heterocycles. The number of rotatable bonds is 2. The van der Waals surface area contributed by atoms with Gasteiger partial charge in [0.05, 0.1) is 11.8 Å². The Morgan fingerprint density at radius 1 is 0.905 bits per heavy atom. The summed E-state index contributed by atoms with van der Waals surface area (Å²) in [6.45, 7) is 2.17. The molecule has 0 spiro atoms. The molecule has 0 aliphatic carbocycles. The van der Waals surface area contributed by atoms with Crippen LogP contribution in [0.15, 0.2) is 72.9 Å². The SMILES string of the molecule is O=C(Nc1ccc(C(F)(F)F)cc1)N1CCN(c2ccc3cc2CCc2cccc(c2)Nc2ncc(Cl)c(n2)N3)CC1. The fourth-order valence-electron chi connectivity index (χ4n) is 5.13. The second-order valence-electron chi connectivity index (χ2n) is 10.2. The van der Waals surface area contributed by atoms with Crippen molar-refractivity contribution in [2.24, 2.45) is 0 Å². The molecule has 6 bridgehead atoms. The molecule has 2 amide bonds. The van der Waals surface area contributed by atoms with Crippen LogP contribution in [0.3, 0.4) is 0 Å². The van der Waals surface area contributed by atoms with Gasteiger partial charge in [0.25, 0.3) is 0 Å². The highest BCUT2D eigenvalue weighted by Crippen LogP contribution is 2.32. The molecule has 1 fully saturated rings. The van der Waals surface area contributed by atoms with Crippen LogP contribution >= 0.6 is 11.6 Å². The Morgan fingerprint density at radius 2 is 1.67 bits per heavy atom. The molecule has 0 unspecified atom stereocenters. The molecule has 3 N–H and O–H groups in total. The average molecular weight is 594 g/mol. The quantitative estimate of drug-likeness (QED) is 0.230. The summed E-state index contributed by atoms with van der Waals surface area (Å²) in [5.74, 6) is 0.936. The number of hydrogen-bond acceptors (Lipinski definition) is 6. The highest BCUT2D eigenvalue weighted by molar-refractivity contribution is 6.32. The smallest absolute Gasteiger partial charge is 0.368 e. The number of hydrogen-bond donors (Lipinski definition) is 3. The number of alkyl halides is 3. The molecular weight excluding hydrogens is 567 g/mol. The van der Waals surface area contributed by atoms with E-state index in [1.807, 2.05) is 18.2 Å². The lowest BCUT2D eigenvalue weighted by Gasteiger charge is -2.37. The van der Waals surface area contributed by atoms with Crippen LogP contribution in [0.5, 0.6) is 0 Å². The summed E-state index contributed by atoms with van der Waals surface area (Å²) >= 11 is 6.40. The van der Waals surface area contributed by atoms with Gasteiger partial charge in [-0.25, -0.2) is 9.78 Å². The standard InChI is InChI=1S/C30H27ClF3N7O/c31-25-18-35-28-37-23-3-1-2-19(16-23)4-5-20-17-24(36-27(25)39-28)10-11-26(20)40-12-14-41(15-13-40)29(42)38-22-8-6-21(7-9-22)30(32,33)34/h1-3,6-11,16-18H,4-5,12-15H2,(H,38,42)(H2,35,36,37,39). The number of aryl methyl sites for hydroxylation is 2. The van der Waals surface area contributed by atoms with Gasteiger partial charge in [-0.05, 0) is 78.6 Å². The monoisotopic (exact) mass is 593 g/mol. The Labute approximate surface area is 245 Å². The van der Waals surface area contributed by atoms with Gasteiger partial charge in [0.1, 0.15) is 5.02 Å². The first kappa shape index (κ1) is 27.6. The van der Waals surface area contributed by atoms with Gasteiger partial charge in [0.2, 0.25) is 5.95 Å². The second kappa shape index (κ2) is 11.4. The molecule has 12 heteroatoms. The van der Waals surface area contributed by atoms with E-state index in [-0.39, 0.29) is 6.03 Å². The summed E-state index contributed by atoms with van der Waals surface area (Å²) in [6, 6.07) is 18.4. The number of aromatic nitrogens is 2. The van der Waals surface area contributed by atoms with Crippen molar-refractivity contribution in [1.29, 1.82) is 0 Å². The van der Waals surface area contributed by atoms with E-state index >= 15 is 0 Å². The van der Waals surface area contributed by atoms with Crippen molar-refractivity contribution in [2.75, 3.05) is 47.0 Å². The lowest BCUT2D eigenvalue weighted by atomic mass is 10.0. The Morgan fingerprint density at radius 3 is 2.43 bits per heavy atom. The maximum Gasteiger partial charge on any atom is 0.416 e. The molecule has 0 atom stereocenters. The van der Waals surface area contributed by atoms with Crippen molar-refractivity contribution >= 4 is 52.1 Å². The number of nitrogens with one attached hydrogen (secondary N) is 3.